The zero-order valence-corrected chi connectivity index (χ0v) is 14.1. The fraction of sp³-hybridized carbons (Fsp3) is 0.350. The van der Waals surface area contributed by atoms with Crippen molar-refractivity contribution in [3.05, 3.63) is 71.8 Å². The highest BCUT2D eigenvalue weighted by molar-refractivity contribution is 5.89. The molecule has 26 heavy (non-hydrogen) atoms. The van der Waals surface area contributed by atoms with Gasteiger partial charge in [-0.2, -0.15) is 0 Å². The first kappa shape index (κ1) is 17.3. The van der Waals surface area contributed by atoms with Gasteiger partial charge in [-0.15, -0.1) is 0 Å². The molecule has 1 unspecified atom stereocenters. The van der Waals surface area contributed by atoms with E-state index >= 15 is 0 Å². The van der Waals surface area contributed by atoms with E-state index in [9.17, 15) is 9.90 Å². The van der Waals surface area contributed by atoms with Gasteiger partial charge >= 0.3 is 0 Å². The van der Waals surface area contributed by atoms with Crippen LogP contribution in [-0.2, 0) is 30.3 Å². The first-order valence-corrected chi connectivity index (χ1v) is 8.57. The first-order chi connectivity index (χ1) is 12.7. The van der Waals surface area contributed by atoms with Gasteiger partial charge in [-0.3, -0.25) is 4.79 Å². The van der Waals surface area contributed by atoms with Crippen LogP contribution in [-0.4, -0.2) is 42.1 Å². The summed E-state index contributed by atoms with van der Waals surface area (Å²) in [6, 6.07) is 18.9. The number of rotatable bonds is 4. The smallest absolute Gasteiger partial charge is 0.198 e. The van der Waals surface area contributed by atoms with Crippen LogP contribution in [0.4, 0.5) is 0 Å². The predicted octanol–water partition coefficient (Wildman–Crippen LogP) is 1.97. The van der Waals surface area contributed by atoms with Crippen molar-refractivity contribution >= 4 is 5.78 Å². The molecule has 6 nitrogen and oxygen atoms in total. The maximum atomic E-state index is 12.6. The maximum Gasteiger partial charge on any atom is 0.198 e. The number of hydrogen-bond acceptors (Lipinski definition) is 6. The molecule has 2 aliphatic heterocycles. The van der Waals surface area contributed by atoms with E-state index < -0.39 is 36.7 Å². The Morgan fingerprint density at radius 3 is 2.42 bits per heavy atom. The summed E-state index contributed by atoms with van der Waals surface area (Å²) < 4.78 is 22.8. The molecule has 4 rings (SSSR count). The number of ether oxygens (including phenoxy) is 4. The van der Waals surface area contributed by atoms with Crippen molar-refractivity contribution in [2.75, 3.05) is 6.61 Å². The molecule has 2 aliphatic rings. The zero-order valence-electron chi connectivity index (χ0n) is 14.1. The van der Waals surface area contributed by atoms with Crippen molar-refractivity contribution in [1.29, 1.82) is 0 Å². The van der Waals surface area contributed by atoms with Gasteiger partial charge in [0.25, 0.3) is 0 Å². The van der Waals surface area contributed by atoms with Gasteiger partial charge in [-0.1, -0.05) is 60.7 Å². The Kier molecular flexibility index (Phi) is 5.10. The van der Waals surface area contributed by atoms with Crippen molar-refractivity contribution in [2.24, 2.45) is 0 Å². The lowest BCUT2D eigenvalue weighted by molar-refractivity contribution is -0.319. The summed E-state index contributed by atoms with van der Waals surface area (Å²) in [4.78, 5) is 12.6. The fourth-order valence-corrected chi connectivity index (χ4v) is 3.11. The number of benzene rings is 2. The Morgan fingerprint density at radius 1 is 1.00 bits per heavy atom. The lowest BCUT2D eigenvalue weighted by Gasteiger charge is -2.42. The molecule has 0 aliphatic carbocycles. The third kappa shape index (κ3) is 3.56. The van der Waals surface area contributed by atoms with Crippen molar-refractivity contribution in [3.8, 4) is 0 Å². The van der Waals surface area contributed by atoms with E-state index in [4.69, 9.17) is 18.9 Å². The third-order valence-electron chi connectivity index (χ3n) is 4.49. The molecule has 2 aromatic carbocycles. The lowest BCUT2D eigenvalue weighted by atomic mass is 9.99. The van der Waals surface area contributed by atoms with Crippen molar-refractivity contribution in [3.63, 3.8) is 0 Å². The van der Waals surface area contributed by atoms with E-state index in [1.165, 1.54) is 0 Å². The summed E-state index contributed by atoms with van der Waals surface area (Å²) in [5.41, 5.74) is 1.74. The van der Waals surface area contributed by atoms with E-state index in [0.717, 1.165) is 11.1 Å². The summed E-state index contributed by atoms with van der Waals surface area (Å²) in [5, 5.41) is 10.3. The Bertz CT molecular complexity index is 734. The molecule has 0 saturated carbocycles. The van der Waals surface area contributed by atoms with Crippen LogP contribution in [0.15, 0.2) is 60.7 Å². The molecule has 5 atom stereocenters. The molecule has 0 amide bonds. The standard InChI is InChI=1S/C20H20O6/c21-16-17(22)20(23-11-13-7-3-1-4-8-13)25-15-12-24-19(26-18(15)16)14-9-5-2-6-10-14/h1-10,15,17-20,22H,11-12H2/t15-,17-,18+,19?,20-/m1/s1. The Labute approximate surface area is 151 Å². The molecule has 0 spiro atoms. The summed E-state index contributed by atoms with van der Waals surface area (Å²) in [6.07, 6.45) is -4.56. The fourth-order valence-electron chi connectivity index (χ4n) is 3.11. The molecule has 0 bridgehead atoms. The Morgan fingerprint density at radius 2 is 1.69 bits per heavy atom. The van der Waals surface area contributed by atoms with Crippen LogP contribution in [0.25, 0.3) is 0 Å². The molecular formula is C20H20O6. The van der Waals surface area contributed by atoms with Crippen molar-refractivity contribution in [1.82, 2.24) is 0 Å². The summed E-state index contributed by atoms with van der Waals surface area (Å²) in [5.74, 6) is -0.441. The molecule has 0 radical (unpaired) electrons. The minimum Gasteiger partial charge on any atom is -0.380 e. The van der Waals surface area contributed by atoms with Crippen LogP contribution in [0, 0.1) is 0 Å². The second kappa shape index (κ2) is 7.65. The number of carbonyl (C=O) groups is 1. The van der Waals surface area contributed by atoms with Gasteiger partial charge in [0, 0.05) is 5.56 Å². The van der Waals surface area contributed by atoms with Gasteiger partial charge in [0.15, 0.2) is 30.6 Å². The third-order valence-corrected chi connectivity index (χ3v) is 4.49. The number of hydrogen-bond donors (Lipinski definition) is 1. The largest absolute Gasteiger partial charge is 0.380 e. The molecular weight excluding hydrogens is 336 g/mol. The molecule has 0 aromatic heterocycles. The Balaban J connectivity index is 1.41. The predicted molar refractivity (Wildman–Crippen MR) is 90.9 cm³/mol. The van der Waals surface area contributed by atoms with Crippen LogP contribution in [0.5, 0.6) is 0 Å². The molecule has 2 fully saturated rings. The topological polar surface area (TPSA) is 74.2 Å². The second-order valence-corrected chi connectivity index (χ2v) is 6.32. The number of aliphatic hydroxyl groups excluding tert-OH is 1. The average molecular weight is 356 g/mol. The molecule has 136 valence electrons. The van der Waals surface area contributed by atoms with Crippen molar-refractivity contribution in [2.45, 2.75) is 37.5 Å². The molecule has 6 heteroatoms. The maximum absolute atomic E-state index is 12.6. The number of ketones is 1. The van der Waals surface area contributed by atoms with Gasteiger partial charge in [0.2, 0.25) is 0 Å². The summed E-state index contributed by atoms with van der Waals surface area (Å²) in [6.45, 7) is 0.426. The molecule has 2 saturated heterocycles. The van der Waals surface area contributed by atoms with Crippen LogP contribution in [0.2, 0.25) is 0 Å². The van der Waals surface area contributed by atoms with Crippen molar-refractivity contribution < 1.29 is 28.8 Å². The van der Waals surface area contributed by atoms with E-state index in [2.05, 4.69) is 0 Å². The first-order valence-electron chi connectivity index (χ1n) is 8.57. The summed E-state index contributed by atoms with van der Waals surface area (Å²) >= 11 is 0. The molecule has 2 heterocycles. The van der Waals surface area contributed by atoms with E-state index in [1.54, 1.807) is 0 Å². The molecule has 2 aromatic rings. The van der Waals surface area contributed by atoms with Crippen LogP contribution in [0.1, 0.15) is 17.4 Å². The minimum absolute atomic E-state index is 0.188. The summed E-state index contributed by atoms with van der Waals surface area (Å²) in [7, 11) is 0. The minimum atomic E-state index is -1.39. The van der Waals surface area contributed by atoms with Gasteiger partial charge < -0.3 is 24.1 Å². The Hall–Kier alpha value is -2.09. The van der Waals surface area contributed by atoms with Gasteiger partial charge in [0.1, 0.15) is 6.10 Å². The van der Waals surface area contributed by atoms with E-state index in [1.807, 2.05) is 60.7 Å². The highest BCUT2D eigenvalue weighted by atomic mass is 16.7. The normalized spacial score (nSPS) is 31.4. The van der Waals surface area contributed by atoms with Crippen LogP contribution >= 0.6 is 0 Å². The molecule has 1 N–H and O–H groups in total. The van der Waals surface area contributed by atoms with E-state index in [-0.39, 0.29) is 13.2 Å². The SMILES string of the molecule is O=C1[C@@H](O)[C@H](OCc2ccccc2)O[C@@H]2COC(c3ccccc3)O[C@H]12. The highest BCUT2D eigenvalue weighted by Crippen LogP contribution is 2.32. The number of carbonyl (C=O) groups excluding carboxylic acids is 1. The van der Waals surface area contributed by atoms with Gasteiger partial charge in [0.05, 0.1) is 13.2 Å². The quantitative estimate of drug-likeness (QED) is 0.903. The van der Waals surface area contributed by atoms with Gasteiger partial charge in [-0.25, -0.2) is 0 Å². The van der Waals surface area contributed by atoms with Gasteiger partial charge in [-0.05, 0) is 5.56 Å². The highest BCUT2D eigenvalue weighted by Gasteiger charge is 2.49. The van der Waals surface area contributed by atoms with Crippen LogP contribution < -0.4 is 0 Å². The lowest BCUT2D eigenvalue weighted by Crippen LogP contribution is -2.60. The monoisotopic (exact) mass is 356 g/mol. The second-order valence-electron chi connectivity index (χ2n) is 6.32. The number of Topliss-reactive ketones (excluding diaryl/α,β-unsaturated/α-hetero) is 1. The average Bonchev–Trinajstić information content (AvgIpc) is 2.71. The zero-order chi connectivity index (χ0) is 17.9. The van der Waals surface area contributed by atoms with Crippen LogP contribution in [0.3, 0.4) is 0 Å². The number of aliphatic hydroxyl groups is 1. The number of fused-ring (bicyclic) bond motifs is 1. The van der Waals surface area contributed by atoms with E-state index in [0.29, 0.717) is 0 Å².